The maximum absolute atomic E-state index is 6.71. The third-order valence-corrected chi connectivity index (χ3v) is 5.77. The van der Waals surface area contributed by atoms with E-state index in [1.165, 1.54) is 25.1 Å². The van der Waals surface area contributed by atoms with Gasteiger partial charge in [0.15, 0.2) is 0 Å². The van der Waals surface area contributed by atoms with Crippen molar-refractivity contribution in [3.63, 3.8) is 0 Å². The number of hydrogen-bond acceptors (Lipinski definition) is 2. The number of rotatable bonds is 6. The van der Waals surface area contributed by atoms with Gasteiger partial charge in [-0.2, -0.15) is 0 Å². The van der Waals surface area contributed by atoms with Crippen LogP contribution < -0.4 is 5.73 Å². The van der Waals surface area contributed by atoms with Crippen LogP contribution in [0.3, 0.4) is 0 Å². The highest BCUT2D eigenvalue weighted by molar-refractivity contribution is 5.03. The molecule has 0 atom stereocenters. The van der Waals surface area contributed by atoms with E-state index < -0.39 is 0 Å². The Labute approximate surface area is 130 Å². The molecular formula is C18H33N3. The van der Waals surface area contributed by atoms with Gasteiger partial charge in [-0.15, -0.1) is 0 Å². The van der Waals surface area contributed by atoms with Gasteiger partial charge in [0.2, 0.25) is 0 Å². The molecule has 1 aromatic heterocycles. The number of nitrogens with two attached hydrogens (primary N) is 1. The van der Waals surface area contributed by atoms with Crippen LogP contribution in [0.1, 0.15) is 72.0 Å². The van der Waals surface area contributed by atoms with Crippen molar-refractivity contribution in [3.05, 3.63) is 18.2 Å². The van der Waals surface area contributed by atoms with E-state index in [9.17, 15) is 0 Å². The molecule has 1 fully saturated rings. The first-order chi connectivity index (χ1) is 9.90. The molecule has 120 valence electrons. The lowest BCUT2D eigenvalue weighted by Crippen LogP contribution is -2.47. The SMILES string of the molecule is CCCn1ccnc1CC1(N)CCC(C(C)(C)CC)CC1. The summed E-state index contributed by atoms with van der Waals surface area (Å²) in [6.45, 7) is 10.4. The molecule has 3 nitrogen and oxygen atoms in total. The van der Waals surface area contributed by atoms with Crippen LogP contribution in [-0.4, -0.2) is 15.1 Å². The Hall–Kier alpha value is -0.830. The molecule has 2 N–H and O–H groups in total. The van der Waals surface area contributed by atoms with E-state index >= 15 is 0 Å². The molecule has 1 aliphatic carbocycles. The molecule has 0 unspecified atom stereocenters. The van der Waals surface area contributed by atoms with Gasteiger partial charge in [-0.05, 0) is 43.4 Å². The molecule has 1 saturated carbocycles. The first-order valence-corrected chi connectivity index (χ1v) is 8.69. The van der Waals surface area contributed by atoms with Crippen LogP contribution in [0.25, 0.3) is 0 Å². The second-order valence-corrected chi connectivity index (χ2v) is 7.69. The highest BCUT2D eigenvalue weighted by Crippen LogP contribution is 2.43. The highest BCUT2D eigenvalue weighted by Gasteiger charge is 2.38. The van der Waals surface area contributed by atoms with Gasteiger partial charge in [-0.3, -0.25) is 0 Å². The van der Waals surface area contributed by atoms with Gasteiger partial charge in [0, 0.05) is 30.9 Å². The molecule has 0 aliphatic heterocycles. The molecule has 1 heterocycles. The van der Waals surface area contributed by atoms with Crippen molar-refractivity contribution in [1.82, 2.24) is 9.55 Å². The summed E-state index contributed by atoms with van der Waals surface area (Å²) in [7, 11) is 0. The molecule has 1 aliphatic rings. The Balaban J connectivity index is 1.97. The summed E-state index contributed by atoms with van der Waals surface area (Å²) < 4.78 is 2.27. The van der Waals surface area contributed by atoms with Crippen molar-refractivity contribution >= 4 is 0 Å². The Morgan fingerprint density at radius 1 is 1.33 bits per heavy atom. The molecular weight excluding hydrogens is 258 g/mol. The Bertz CT molecular complexity index is 439. The maximum atomic E-state index is 6.71. The average Bonchev–Trinajstić information content (AvgIpc) is 2.86. The largest absolute Gasteiger partial charge is 0.335 e. The average molecular weight is 291 g/mol. The summed E-state index contributed by atoms with van der Waals surface area (Å²) >= 11 is 0. The Kier molecular flexibility index (Phi) is 5.13. The van der Waals surface area contributed by atoms with Crippen LogP contribution in [0.2, 0.25) is 0 Å². The number of aromatic nitrogens is 2. The Morgan fingerprint density at radius 3 is 2.57 bits per heavy atom. The predicted octanol–water partition coefficient (Wildman–Crippen LogP) is 4.16. The van der Waals surface area contributed by atoms with Crippen LogP contribution in [0, 0.1) is 11.3 Å². The van der Waals surface area contributed by atoms with Crippen LogP contribution in [0.4, 0.5) is 0 Å². The lowest BCUT2D eigenvalue weighted by atomic mass is 9.65. The molecule has 1 aromatic rings. The summed E-state index contributed by atoms with van der Waals surface area (Å²) in [5.41, 5.74) is 7.12. The van der Waals surface area contributed by atoms with Crippen LogP contribution in [0.5, 0.6) is 0 Å². The third kappa shape index (κ3) is 3.88. The normalized spacial score (nSPS) is 27.0. The molecule has 3 heteroatoms. The van der Waals surface area contributed by atoms with Gasteiger partial charge in [-0.1, -0.05) is 34.1 Å². The topological polar surface area (TPSA) is 43.8 Å². The molecule has 21 heavy (non-hydrogen) atoms. The maximum Gasteiger partial charge on any atom is 0.110 e. The monoisotopic (exact) mass is 291 g/mol. The standard InChI is InChI=1S/C18H33N3/c1-5-12-21-13-11-20-16(21)14-18(19)9-7-15(8-10-18)17(3,4)6-2/h11,13,15H,5-10,12,14,19H2,1-4H3. The van der Waals surface area contributed by atoms with E-state index in [0.717, 1.165) is 38.1 Å². The zero-order valence-corrected chi connectivity index (χ0v) is 14.4. The zero-order valence-electron chi connectivity index (χ0n) is 14.4. The molecule has 2 rings (SSSR count). The van der Waals surface area contributed by atoms with Crippen molar-refractivity contribution in [1.29, 1.82) is 0 Å². The van der Waals surface area contributed by atoms with Gasteiger partial charge in [0.05, 0.1) is 0 Å². The second-order valence-electron chi connectivity index (χ2n) is 7.69. The number of hydrogen-bond donors (Lipinski definition) is 1. The first kappa shape index (κ1) is 16.5. The minimum Gasteiger partial charge on any atom is -0.335 e. The molecule has 0 spiro atoms. The van der Waals surface area contributed by atoms with E-state index in [2.05, 4.69) is 43.4 Å². The minimum absolute atomic E-state index is 0.0445. The summed E-state index contributed by atoms with van der Waals surface area (Å²) in [5.74, 6) is 2.00. The fourth-order valence-electron chi connectivity index (χ4n) is 3.71. The van der Waals surface area contributed by atoms with Crippen LogP contribution in [-0.2, 0) is 13.0 Å². The van der Waals surface area contributed by atoms with Crippen molar-refractivity contribution in [2.75, 3.05) is 0 Å². The van der Waals surface area contributed by atoms with Gasteiger partial charge in [-0.25, -0.2) is 4.98 Å². The fourth-order valence-corrected chi connectivity index (χ4v) is 3.71. The van der Waals surface area contributed by atoms with Crippen molar-refractivity contribution in [3.8, 4) is 0 Å². The van der Waals surface area contributed by atoms with Crippen LogP contribution >= 0.6 is 0 Å². The summed E-state index contributed by atoms with van der Waals surface area (Å²) in [6, 6.07) is 0. The zero-order chi connectivity index (χ0) is 15.5. The summed E-state index contributed by atoms with van der Waals surface area (Å²) in [6.07, 6.45) is 12.2. The van der Waals surface area contributed by atoms with E-state index in [0.29, 0.717) is 5.41 Å². The molecule has 0 saturated heterocycles. The smallest absolute Gasteiger partial charge is 0.110 e. The lowest BCUT2D eigenvalue weighted by Gasteiger charge is -2.43. The van der Waals surface area contributed by atoms with Gasteiger partial charge < -0.3 is 10.3 Å². The van der Waals surface area contributed by atoms with Gasteiger partial charge >= 0.3 is 0 Å². The molecule has 0 amide bonds. The fraction of sp³-hybridized carbons (Fsp3) is 0.833. The predicted molar refractivity (Wildman–Crippen MR) is 89.2 cm³/mol. The van der Waals surface area contributed by atoms with E-state index in [1.54, 1.807) is 0 Å². The molecule has 0 radical (unpaired) electrons. The van der Waals surface area contributed by atoms with E-state index in [-0.39, 0.29) is 5.54 Å². The van der Waals surface area contributed by atoms with Crippen molar-refractivity contribution in [2.45, 2.75) is 84.7 Å². The minimum atomic E-state index is -0.0445. The Morgan fingerprint density at radius 2 is 2.00 bits per heavy atom. The van der Waals surface area contributed by atoms with Gasteiger partial charge in [0.25, 0.3) is 0 Å². The quantitative estimate of drug-likeness (QED) is 0.855. The molecule has 0 aromatic carbocycles. The second kappa shape index (κ2) is 6.51. The lowest BCUT2D eigenvalue weighted by molar-refractivity contribution is 0.114. The highest BCUT2D eigenvalue weighted by atomic mass is 15.1. The van der Waals surface area contributed by atoms with Crippen molar-refractivity contribution < 1.29 is 0 Å². The van der Waals surface area contributed by atoms with Gasteiger partial charge in [0.1, 0.15) is 5.82 Å². The van der Waals surface area contributed by atoms with E-state index in [4.69, 9.17) is 5.73 Å². The summed E-state index contributed by atoms with van der Waals surface area (Å²) in [4.78, 5) is 4.54. The first-order valence-electron chi connectivity index (χ1n) is 8.69. The number of aryl methyl sites for hydroxylation is 1. The number of nitrogens with zero attached hydrogens (tertiary/aromatic N) is 2. The summed E-state index contributed by atoms with van der Waals surface area (Å²) in [5, 5.41) is 0. The van der Waals surface area contributed by atoms with Crippen molar-refractivity contribution in [2.24, 2.45) is 17.1 Å². The third-order valence-electron chi connectivity index (χ3n) is 5.77. The molecule has 0 bridgehead atoms. The van der Waals surface area contributed by atoms with E-state index in [1.807, 2.05) is 6.20 Å². The van der Waals surface area contributed by atoms with Crippen LogP contribution in [0.15, 0.2) is 12.4 Å². The number of imidazole rings is 1.